The summed E-state index contributed by atoms with van der Waals surface area (Å²) >= 11 is 26.9. The maximum atomic E-state index is 13.9. The molecule has 5 aromatic carbocycles. The third kappa shape index (κ3) is 12.3. The second kappa shape index (κ2) is 23.6. The number of benzene rings is 5. The van der Waals surface area contributed by atoms with Crippen molar-refractivity contribution in [2.75, 3.05) is 64.6 Å². The van der Waals surface area contributed by atoms with E-state index in [0.717, 1.165) is 61.4 Å². The van der Waals surface area contributed by atoms with Crippen LogP contribution in [0.25, 0.3) is 0 Å². The minimum Gasteiger partial charge on any atom is -0.497 e. The van der Waals surface area contributed by atoms with Gasteiger partial charge < -0.3 is 14.5 Å². The largest absolute Gasteiger partial charge is 0.497 e. The van der Waals surface area contributed by atoms with E-state index in [0.29, 0.717) is 72.1 Å². The summed E-state index contributed by atoms with van der Waals surface area (Å²) in [5.74, 6) is 0.890. The van der Waals surface area contributed by atoms with Crippen molar-refractivity contribution in [1.29, 1.82) is 0 Å². The number of sulfonamides is 3. The Hall–Kier alpha value is -5.37. The number of thiazole rings is 2. The van der Waals surface area contributed by atoms with Crippen LogP contribution in [-0.4, -0.2) is 115 Å². The van der Waals surface area contributed by atoms with Gasteiger partial charge in [0.05, 0.1) is 33.9 Å². The number of amides is 2. The minimum atomic E-state index is -4.63. The van der Waals surface area contributed by atoms with Crippen molar-refractivity contribution in [3.63, 3.8) is 0 Å². The van der Waals surface area contributed by atoms with E-state index in [9.17, 15) is 34.8 Å². The summed E-state index contributed by atoms with van der Waals surface area (Å²) in [6.07, 6.45) is 6.04. The number of ether oxygens (including phenoxy) is 1. The molecule has 0 unspecified atom stereocenters. The minimum absolute atomic E-state index is 0.0429. The normalized spacial score (nSPS) is 20.2. The van der Waals surface area contributed by atoms with Gasteiger partial charge in [-0.1, -0.05) is 46.4 Å². The number of aromatic nitrogens is 2. The Morgan fingerprint density at radius 3 is 1.41 bits per heavy atom. The zero-order valence-electron chi connectivity index (χ0n) is 41.9. The quantitative estimate of drug-likeness (QED) is 0.102. The highest BCUT2D eigenvalue weighted by atomic mass is 35.5. The molecular formula is C53H50Cl4N8O9S5. The van der Waals surface area contributed by atoms with Crippen molar-refractivity contribution >= 4 is 133 Å². The summed E-state index contributed by atoms with van der Waals surface area (Å²) in [6, 6.07) is 28.1. The molecule has 414 valence electrons. The molecule has 4 aliphatic rings. The van der Waals surface area contributed by atoms with Crippen molar-refractivity contribution in [3.8, 4) is 5.75 Å². The molecule has 2 amide bonds. The number of rotatable bonds is 15. The van der Waals surface area contributed by atoms with Crippen LogP contribution in [0.2, 0.25) is 20.1 Å². The molecule has 0 saturated carbocycles. The van der Waals surface area contributed by atoms with Gasteiger partial charge in [0.2, 0.25) is 16.9 Å². The van der Waals surface area contributed by atoms with E-state index in [1.54, 1.807) is 39.4 Å². The lowest BCUT2D eigenvalue weighted by atomic mass is 9.98. The number of anilines is 4. The Morgan fingerprint density at radius 2 is 0.987 bits per heavy atom. The molecule has 4 atom stereocenters. The summed E-state index contributed by atoms with van der Waals surface area (Å²) in [4.78, 5) is 42.1. The molecule has 4 saturated heterocycles. The molecule has 2 aromatic heterocycles. The second-order valence-corrected chi connectivity index (χ2v) is 28.1. The van der Waals surface area contributed by atoms with Crippen LogP contribution in [0, 0.1) is 0 Å². The monoisotopic (exact) mass is 1240 g/mol. The van der Waals surface area contributed by atoms with Gasteiger partial charge in [-0.25, -0.2) is 18.4 Å². The van der Waals surface area contributed by atoms with E-state index in [4.69, 9.17) is 51.1 Å². The van der Waals surface area contributed by atoms with Gasteiger partial charge in [0, 0.05) is 80.8 Å². The van der Waals surface area contributed by atoms with Crippen molar-refractivity contribution in [2.45, 2.75) is 64.3 Å². The lowest BCUT2D eigenvalue weighted by molar-refractivity contribution is -0.122. The molecule has 26 heteroatoms. The number of nitrogens with zero attached hydrogens (tertiary/aromatic N) is 7. The number of nitrogens with one attached hydrogen (secondary N) is 1. The Balaban J connectivity index is 0.000000185. The molecule has 4 fully saturated rings. The maximum absolute atomic E-state index is 13.9. The highest BCUT2D eigenvalue weighted by Crippen LogP contribution is 2.39. The topological polar surface area (TPSA) is 200 Å². The van der Waals surface area contributed by atoms with Gasteiger partial charge >= 0.3 is 0 Å². The van der Waals surface area contributed by atoms with Crippen LogP contribution in [0.3, 0.4) is 0 Å². The molecular weight excluding hydrogens is 1190 g/mol. The van der Waals surface area contributed by atoms with Gasteiger partial charge in [-0.15, -0.1) is 26.4 Å². The number of halogens is 4. The lowest BCUT2D eigenvalue weighted by Gasteiger charge is -2.24. The van der Waals surface area contributed by atoms with Crippen molar-refractivity contribution in [1.82, 2.24) is 19.8 Å². The Labute approximate surface area is 486 Å². The number of hydrogen-bond donors (Lipinski definition) is 1. The molecule has 79 heavy (non-hydrogen) atoms. The van der Waals surface area contributed by atoms with Crippen molar-refractivity contribution in [2.24, 2.45) is 0 Å². The van der Waals surface area contributed by atoms with Crippen LogP contribution in [0.1, 0.15) is 48.6 Å². The summed E-state index contributed by atoms with van der Waals surface area (Å²) in [6.45, 7) is 4.13. The first kappa shape index (κ1) is 56.9. The molecule has 6 heterocycles. The maximum Gasteiger partial charge on any atom is 0.279 e. The van der Waals surface area contributed by atoms with Gasteiger partial charge in [-0.2, -0.15) is 16.8 Å². The summed E-state index contributed by atoms with van der Waals surface area (Å²) in [7, 11) is -11.5. The van der Waals surface area contributed by atoms with Crippen LogP contribution >= 0.6 is 69.1 Å². The molecule has 11 rings (SSSR count). The third-order valence-electron chi connectivity index (χ3n) is 14.3. The molecule has 0 spiro atoms. The Kier molecular flexibility index (Phi) is 17.0. The van der Waals surface area contributed by atoms with E-state index in [1.807, 2.05) is 24.3 Å². The predicted molar refractivity (Wildman–Crippen MR) is 310 cm³/mol. The van der Waals surface area contributed by atoms with Gasteiger partial charge in [0.25, 0.3) is 30.1 Å². The zero-order valence-corrected chi connectivity index (χ0v) is 49.0. The Bertz CT molecular complexity index is 3660. The first-order valence-electron chi connectivity index (χ1n) is 24.8. The van der Waals surface area contributed by atoms with Crippen molar-refractivity contribution < 1.29 is 39.6 Å². The van der Waals surface area contributed by atoms with E-state index >= 15 is 0 Å². The number of methoxy groups -OCH3 is 1. The number of hydrogen-bond acceptors (Lipinski definition) is 15. The first-order chi connectivity index (χ1) is 37.8. The number of likely N-dealkylation sites (tertiary alicyclic amines) is 2. The molecule has 0 radical (unpaired) electrons. The first-order valence-corrected chi connectivity index (χ1v) is 32.4. The molecule has 4 aliphatic heterocycles. The van der Waals surface area contributed by atoms with Crippen LogP contribution in [-0.2, 0) is 39.7 Å². The highest BCUT2D eigenvalue weighted by molar-refractivity contribution is 8.10. The van der Waals surface area contributed by atoms with Crippen LogP contribution in [0.5, 0.6) is 5.75 Å². The molecule has 0 bridgehead atoms. The SMILES string of the molecule is COc1ccc(S(=O)(=O)N(c2nccs2)S(=O)(=O)c2ccc(N3CC[C@H](N4CC[C@H](c5cc(Cl)cc(Cl)c5)C4)C3=O)cc2)cc1.O=C1[C@@H](N2CC[C@H](c3cc(Cl)cc(Cl)c3)C2)CCN1c1ccc(S(=O)(=O)Nc2nccs2)cc1. The second-order valence-electron chi connectivity index (χ2n) is 19.1. The lowest BCUT2D eigenvalue weighted by Crippen LogP contribution is -2.40. The van der Waals surface area contributed by atoms with Gasteiger partial charge in [-0.05, 0) is 171 Å². The van der Waals surface area contributed by atoms with Gasteiger partial charge in [0.1, 0.15) is 5.75 Å². The summed E-state index contributed by atoms with van der Waals surface area (Å²) < 4.78 is 88.1. The van der Waals surface area contributed by atoms with Crippen LogP contribution < -0.4 is 23.0 Å². The average molecular weight is 1250 g/mol. The number of carbonyl (C=O) groups is 2. The summed E-state index contributed by atoms with van der Waals surface area (Å²) in [5.41, 5.74) is 3.37. The fourth-order valence-electron chi connectivity index (χ4n) is 10.5. The molecule has 7 aromatic rings. The zero-order chi connectivity index (χ0) is 55.8. The standard InChI is InChI=1S/C30H28Cl2N4O6S3.C23H22Cl2N4O3S2/c1-42-25-4-8-27(9-5-25)45(40,41)36(30-33-12-15-43-30)44(38,39)26-6-2-24(3-7-26)35-14-11-28(29(35)37)34-13-10-20(19-34)21-16-22(31)18-23(32)17-21;24-17-11-16(12-18(25)13-17)15-5-8-28(14-15)21-6-9-29(22(21)30)19-1-3-20(4-2-19)34(31,32)27-23-26-7-10-33-23/h2-9,12,15-18,20,28H,10-11,13-14,19H2,1H3;1-4,7,10-13,15,21H,5-6,8-9,14H2,(H,26,27)/t20-,28-;15-,21-/m00/s1. The smallest absolute Gasteiger partial charge is 0.279 e. The fraction of sp³-hybridized carbons (Fsp3) is 0.283. The Morgan fingerprint density at radius 1 is 0.557 bits per heavy atom. The third-order valence-corrected chi connectivity index (χ3v) is 22.5. The average Bonchev–Trinajstić information content (AvgIpc) is 4.43. The van der Waals surface area contributed by atoms with Crippen LogP contribution in [0.4, 0.5) is 21.6 Å². The van der Waals surface area contributed by atoms with Gasteiger partial charge in [-0.3, -0.25) is 24.1 Å². The van der Waals surface area contributed by atoms with Crippen LogP contribution in [0.15, 0.2) is 147 Å². The fourth-order valence-corrected chi connectivity index (χ4v) is 18.0. The van der Waals surface area contributed by atoms with E-state index in [-0.39, 0.29) is 55.6 Å². The molecule has 1 N–H and O–H groups in total. The summed E-state index contributed by atoms with van der Waals surface area (Å²) in [5, 5.41) is 5.68. The van der Waals surface area contributed by atoms with Crippen molar-refractivity contribution in [3.05, 3.63) is 164 Å². The molecule has 0 aliphatic carbocycles. The van der Waals surface area contributed by atoms with E-state index in [2.05, 4.69) is 24.5 Å². The van der Waals surface area contributed by atoms with E-state index in [1.165, 1.54) is 96.9 Å². The predicted octanol–water partition coefficient (Wildman–Crippen LogP) is 10.5. The number of carbonyl (C=O) groups excluding carboxylic acids is 2. The van der Waals surface area contributed by atoms with E-state index < -0.39 is 30.1 Å². The molecule has 17 nitrogen and oxygen atoms in total. The highest BCUT2D eigenvalue weighted by Gasteiger charge is 2.43. The van der Waals surface area contributed by atoms with Gasteiger partial charge in [0.15, 0.2) is 5.13 Å².